The number of allylic oxidation sites excluding steroid dienone is 1. The molecule has 0 bridgehead atoms. The predicted octanol–water partition coefficient (Wildman–Crippen LogP) is 7.83. The number of carboxylic acid groups (broad SMARTS) is 1. The summed E-state index contributed by atoms with van der Waals surface area (Å²) in [5, 5.41) is 10.5. The van der Waals surface area contributed by atoms with Crippen molar-refractivity contribution in [3.8, 4) is 5.75 Å². The number of carboxylic acids is 1. The number of alkyl halides is 1. The first-order valence-corrected chi connectivity index (χ1v) is 14.2. The summed E-state index contributed by atoms with van der Waals surface area (Å²) < 4.78 is 18.7. The van der Waals surface area contributed by atoms with Gasteiger partial charge in [-0.15, -0.1) is 11.8 Å². The van der Waals surface area contributed by atoms with E-state index in [1.165, 1.54) is 5.56 Å². The van der Waals surface area contributed by atoms with Gasteiger partial charge in [0.2, 0.25) is 0 Å². The van der Waals surface area contributed by atoms with E-state index in [1.54, 1.807) is 23.9 Å². The van der Waals surface area contributed by atoms with E-state index in [9.17, 15) is 14.3 Å². The van der Waals surface area contributed by atoms with Crippen LogP contribution in [0, 0.1) is 6.92 Å². The van der Waals surface area contributed by atoms with Crippen molar-refractivity contribution in [1.29, 1.82) is 0 Å². The summed E-state index contributed by atoms with van der Waals surface area (Å²) in [4.78, 5) is 14.9. The van der Waals surface area contributed by atoms with Crippen molar-refractivity contribution in [3.05, 3.63) is 99.6 Å². The van der Waals surface area contributed by atoms with Gasteiger partial charge in [0.15, 0.2) is 0 Å². The third-order valence-corrected chi connectivity index (χ3v) is 8.95. The van der Waals surface area contributed by atoms with E-state index in [-0.39, 0.29) is 23.6 Å². The molecule has 38 heavy (non-hydrogen) atoms. The largest absolute Gasteiger partial charge is 0.489 e. The molecule has 0 amide bonds. The molecule has 5 rings (SSSR count). The normalized spacial score (nSPS) is 19.5. The molecule has 0 aliphatic carbocycles. The van der Waals surface area contributed by atoms with Gasteiger partial charge in [-0.2, -0.15) is 0 Å². The number of hydrogen-bond donors (Lipinski definition) is 1. The molecule has 1 fully saturated rings. The van der Waals surface area contributed by atoms with E-state index < -0.39 is 5.97 Å². The van der Waals surface area contributed by atoms with E-state index >= 15 is 0 Å². The Kier molecular flexibility index (Phi) is 8.42. The number of carbonyl (C=O) groups is 1. The van der Waals surface area contributed by atoms with Gasteiger partial charge in [0.1, 0.15) is 11.9 Å². The van der Waals surface area contributed by atoms with Crippen LogP contribution in [-0.4, -0.2) is 48.4 Å². The fourth-order valence-corrected chi connectivity index (χ4v) is 6.54. The molecule has 3 aromatic carbocycles. The summed E-state index contributed by atoms with van der Waals surface area (Å²) >= 11 is 7.97. The molecular weight excluding hydrogens is 521 g/mol. The van der Waals surface area contributed by atoms with E-state index in [2.05, 4.69) is 35.2 Å². The molecule has 0 spiro atoms. The summed E-state index contributed by atoms with van der Waals surface area (Å²) in [5.41, 5.74) is 5.65. The lowest BCUT2D eigenvalue weighted by Gasteiger charge is -2.17. The van der Waals surface area contributed by atoms with Crippen molar-refractivity contribution in [2.45, 2.75) is 42.4 Å². The van der Waals surface area contributed by atoms with Crippen LogP contribution in [0.1, 0.15) is 57.1 Å². The van der Waals surface area contributed by atoms with Gasteiger partial charge in [0, 0.05) is 34.8 Å². The van der Waals surface area contributed by atoms with Gasteiger partial charge in [0.25, 0.3) is 0 Å². The molecule has 3 aromatic rings. The Morgan fingerprint density at radius 3 is 2.71 bits per heavy atom. The molecule has 1 N–H and O–H groups in total. The Labute approximate surface area is 232 Å². The monoisotopic (exact) mass is 551 g/mol. The number of thioether (sulfide) groups is 1. The minimum Gasteiger partial charge on any atom is -0.489 e. The summed E-state index contributed by atoms with van der Waals surface area (Å²) in [6.45, 7) is 4.27. The van der Waals surface area contributed by atoms with Crippen LogP contribution in [0.5, 0.6) is 5.75 Å². The summed E-state index contributed by atoms with van der Waals surface area (Å²) in [6.07, 6.45) is 4.69. The number of rotatable bonds is 8. The van der Waals surface area contributed by atoms with Crippen molar-refractivity contribution in [3.63, 3.8) is 0 Å². The zero-order valence-electron chi connectivity index (χ0n) is 21.3. The maximum Gasteiger partial charge on any atom is 0.335 e. The lowest BCUT2D eigenvalue weighted by atomic mass is 9.95. The molecule has 198 valence electrons. The van der Waals surface area contributed by atoms with E-state index in [0.29, 0.717) is 6.42 Å². The number of hydrogen-bond acceptors (Lipinski definition) is 4. The van der Waals surface area contributed by atoms with Crippen LogP contribution in [0.25, 0.3) is 5.57 Å². The highest BCUT2D eigenvalue weighted by Gasteiger charge is 2.25. The van der Waals surface area contributed by atoms with E-state index in [0.717, 1.165) is 70.4 Å². The first-order chi connectivity index (χ1) is 18.4. The zero-order chi connectivity index (χ0) is 26.6. The second-order valence-corrected chi connectivity index (χ2v) is 11.5. The summed E-state index contributed by atoms with van der Waals surface area (Å²) in [7, 11) is 0. The van der Waals surface area contributed by atoms with Crippen molar-refractivity contribution >= 4 is 34.9 Å². The van der Waals surface area contributed by atoms with Crippen molar-refractivity contribution in [2.24, 2.45) is 0 Å². The fourth-order valence-electron chi connectivity index (χ4n) is 5.14. The number of halogens is 2. The zero-order valence-corrected chi connectivity index (χ0v) is 22.9. The molecule has 1 unspecified atom stereocenters. The van der Waals surface area contributed by atoms with E-state index in [4.69, 9.17) is 16.3 Å². The highest BCUT2D eigenvalue weighted by molar-refractivity contribution is 7.99. The third-order valence-electron chi connectivity index (χ3n) is 7.18. The Morgan fingerprint density at radius 1 is 1.16 bits per heavy atom. The second-order valence-electron chi connectivity index (χ2n) is 9.88. The molecule has 2 aliphatic rings. The maximum absolute atomic E-state index is 12.5. The number of likely N-dealkylation sites (tertiary alicyclic amines) is 1. The summed E-state index contributed by atoms with van der Waals surface area (Å²) in [6, 6.07) is 19.6. The SMILES string of the molecule is Cc1cc(C2CC=C(c3ccc(O[C@H]4CCN(CCCF)C4)cc3)c3ccc(C(=O)O)cc3S2)ccc1Cl. The predicted molar refractivity (Wildman–Crippen MR) is 152 cm³/mol. The molecule has 1 saturated heterocycles. The molecule has 0 aromatic heterocycles. The van der Waals surface area contributed by atoms with Gasteiger partial charge in [-0.25, -0.2) is 4.79 Å². The highest BCUT2D eigenvalue weighted by Crippen LogP contribution is 2.46. The summed E-state index contributed by atoms with van der Waals surface area (Å²) in [5.74, 6) is -0.107. The molecular formula is C31H31ClFNO3S. The molecule has 2 heterocycles. The smallest absolute Gasteiger partial charge is 0.335 e. The number of benzene rings is 3. The van der Waals surface area contributed by atoms with Crippen LogP contribution in [0.3, 0.4) is 0 Å². The Balaban J connectivity index is 1.40. The molecule has 7 heteroatoms. The molecule has 2 aliphatic heterocycles. The first kappa shape index (κ1) is 26.8. The lowest BCUT2D eigenvalue weighted by molar-refractivity contribution is 0.0696. The quantitative estimate of drug-likeness (QED) is 0.309. The molecule has 2 atom stereocenters. The average molecular weight is 552 g/mol. The number of ether oxygens (including phenoxy) is 1. The van der Waals surface area contributed by atoms with Crippen LogP contribution in [0.4, 0.5) is 4.39 Å². The minimum atomic E-state index is -0.932. The highest BCUT2D eigenvalue weighted by atomic mass is 35.5. The number of aromatic carboxylic acids is 1. The van der Waals surface area contributed by atoms with Crippen LogP contribution in [0.15, 0.2) is 71.6 Å². The van der Waals surface area contributed by atoms with Crippen LogP contribution < -0.4 is 4.74 Å². The van der Waals surface area contributed by atoms with Gasteiger partial charge in [-0.3, -0.25) is 9.29 Å². The van der Waals surface area contributed by atoms with Gasteiger partial charge in [-0.1, -0.05) is 48.0 Å². The Hall–Kier alpha value is -2.80. The lowest BCUT2D eigenvalue weighted by Crippen LogP contribution is -2.26. The topological polar surface area (TPSA) is 49.8 Å². The molecule has 0 saturated carbocycles. The molecule has 4 nitrogen and oxygen atoms in total. The van der Waals surface area contributed by atoms with Gasteiger partial charge in [0.05, 0.1) is 12.2 Å². The van der Waals surface area contributed by atoms with Crippen LogP contribution in [0.2, 0.25) is 5.02 Å². The standard InChI is InChI=1S/C31H31ClFNO3S/c1-20-17-22(6-11-28(20)32)29-12-10-26(27-9-5-23(31(35)36)18-30(27)38-29)21-3-7-24(8-4-21)37-25-13-16-34(19-25)15-2-14-33/h3-11,17-18,25,29H,2,12-16,19H2,1H3,(H,35,36)/t25-,29?/m0/s1. The minimum absolute atomic E-state index is 0.118. The van der Waals surface area contributed by atoms with Crippen molar-refractivity contribution < 1.29 is 19.0 Å². The van der Waals surface area contributed by atoms with Crippen LogP contribution in [-0.2, 0) is 0 Å². The van der Waals surface area contributed by atoms with Gasteiger partial charge >= 0.3 is 5.97 Å². The number of aryl methyl sites for hydroxylation is 1. The maximum atomic E-state index is 12.5. The molecule has 0 radical (unpaired) electrons. The Morgan fingerprint density at radius 2 is 1.97 bits per heavy atom. The Bertz CT molecular complexity index is 1340. The van der Waals surface area contributed by atoms with Gasteiger partial charge < -0.3 is 9.84 Å². The third kappa shape index (κ3) is 6.09. The van der Waals surface area contributed by atoms with Crippen molar-refractivity contribution in [2.75, 3.05) is 26.3 Å². The number of fused-ring (bicyclic) bond motifs is 1. The first-order valence-electron chi connectivity index (χ1n) is 13.0. The van der Waals surface area contributed by atoms with E-state index in [1.807, 2.05) is 31.2 Å². The second kappa shape index (κ2) is 11.9. The number of nitrogens with zero attached hydrogens (tertiary/aromatic N) is 1. The fraction of sp³-hybridized carbons (Fsp3) is 0.323. The average Bonchev–Trinajstić information content (AvgIpc) is 3.27. The van der Waals surface area contributed by atoms with Gasteiger partial charge in [-0.05, 0) is 84.3 Å². The van der Waals surface area contributed by atoms with Crippen LogP contribution >= 0.6 is 23.4 Å². The van der Waals surface area contributed by atoms with Crippen molar-refractivity contribution in [1.82, 2.24) is 4.90 Å².